The van der Waals surface area contributed by atoms with Gasteiger partial charge in [0.05, 0.1) is 19.0 Å². The van der Waals surface area contributed by atoms with Crippen molar-refractivity contribution in [1.29, 1.82) is 0 Å². The number of nitrogens with zero attached hydrogens (tertiary/aromatic N) is 4. The van der Waals surface area contributed by atoms with Crippen LogP contribution in [-0.4, -0.2) is 68.6 Å². The zero-order valence-corrected chi connectivity index (χ0v) is 28.6. The molecule has 1 aliphatic heterocycles. The third kappa shape index (κ3) is 9.61. The Bertz CT molecular complexity index is 1540. The van der Waals surface area contributed by atoms with Gasteiger partial charge in [-0.3, -0.25) is 9.09 Å². The highest BCUT2D eigenvalue weighted by Gasteiger charge is 2.44. The molecule has 2 aromatic rings. The Labute approximate surface area is 266 Å². The first-order valence-corrected chi connectivity index (χ1v) is 20.8. The van der Waals surface area contributed by atoms with Crippen LogP contribution in [0.15, 0.2) is 24.8 Å². The summed E-state index contributed by atoms with van der Waals surface area (Å²) >= 11 is 0. The van der Waals surface area contributed by atoms with Crippen molar-refractivity contribution in [2.75, 3.05) is 18.3 Å². The van der Waals surface area contributed by atoms with Crippen molar-refractivity contribution in [2.24, 2.45) is 17.8 Å². The van der Waals surface area contributed by atoms with E-state index in [9.17, 15) is 23.5 Å². The number of hydrogen-bond donors (Lipinski definition) is 5. The van der Waals surface area contributed by atoms with Crippen molar-refractivity contribution in [2.45, 2.75) is 69.1 Å². The Balaban J connectivity index is 1.19. The molecule has 2 fully saturated rings. The molecule has 3 heterocycles. The summed E-state index contributed by atoms with van der Waals surface area (Å²) in [5, 5.41) is 0. The molecular formula is C23H36N5O12P3S2. The number of nitrogens with two attached hydrogens (primary N) is 1. The van der Waals surface area contributed by atoms with Gasteiger partial charge in [-0.05, 0) is 57.3 Å². The van der Waals surface area contributed by atoms with E-state index in [0.717, 1.165) is 18.3 Å². The van der Waals surface area contributed by atoms with E-state index in [1.807, 2.05) is 0 Å². The first-order valence-electron chi connectivity index (χ1n) is 14.0. The van der Waals surface area contributed by atoms with E-state index in [2.05, 4.69) is 49.6 Å². The second-order valence-corrected chi connectivity index (χ2v) is 19.1. The van der Waals surface area contributed by atoms with Gasteiger partial charge in [0, 0.05) is 11.2 Å². The topological polar surface area (TPSA) is 248 Å². The van der Waals surface area contributed by atoms with Crippen molar-refractivity contribution in [3.8, 4) is 0 Å². The van der Waals surface area contributed by atoms with Crippen LogP contribution in [-0.2, 0) is 36.3 Å². The summed E-state index contributed by atoms with van der Waals surface area (Å²) in [5.74, 6) is 2.60. The lowest BCUT2D eigenvalue weighted by Crippen LogP contribution is -2.29. The number of fused-ring (bicyclic) bond motifs is 3. The predicted molar refractivity (Wildman–Crippen MR) is 165 cm³/mol. The van der Waals surface area contributed by atoms with E-state index < -0.39 is 48.5 Å². The van der Waals surface area contributed by atoms with Crippen molar-refractivity contribution < 1.29 is 55.9 Å². The minimum atomic E-state index is -5.67. The highest BCUT2D eigenvalue weighted by atomic mass is 33.1. The van der Waals surface area contributed by atoms with Gasteiger partial charge in [0.15, 0.2) is 11.5 Å². The zero-order chi connectivity index (χ0) is 32.6. The number of phosphoric ester groups is 1. The summed E-state index contributed by atoms with van der Waals surface area (Å²) in [4.78, 5) is 49.3. The maximum absolute atomic E-state index is 12.4. The lowest BCUT2D eigenvalue weighted by atomic mass is 9.87. The van der Waals surface area contributed by atoms with Gasteiger partial charge in [-0.25, -0.2) is 28.6 Å². The Morgan fingerprint density at radius 1 is 1.07 bits per heavy atom. The summed E-state index contributed by atoms with van der Waals surface area (Å²) in [5.41, 5.74) is 6.64. The Hall–Kier alpha value is -0.880. The Kier molecular flexibility index (Phi) is 11.0. The van der Waals surface area contributed by atoms with Crippen molar-refractivity contribution in [3.63, 3.8) is 0 Å². The lowest BCUT2D eigenvalue weighted by molar-refractivity contribution is -0.0522. The number of allylic oxidation sites excluding steroid dienone is 2. The minimum absolute atomic E-state index is 0.000430. The molecule has 0 aromatic carbocycles. The molecule has 3 aliphatic rings. The van der Waals surface area contributed by atoms with Crippen LogP contribution in [0.3, 0.4) is 0 Å². The maximum Gasteiger partial charge on any atom is 0.490 e. The highest BCUT2D eigenvalue weighted by molar-refractivity contribution is 8.77. The second kappa shape index (κ2) is 13.9. The number of aromatic nitrogens is 4. The van der Waals surface area contributed by atoms with Gasteiger partial charge in [-0.1, -0.05) is 33.7 Å². The van der Waals surface area contributed by atoms with Crippen LogP contribution in [0.4, 0.5) is 5.82 Å². The third-order valence-corrected chi connectivity index (χ3v) is 14.6. The molecule has 2 bridgehead atoms. The summed E-state index contributed by atoms with van der Waals surface area (Å²) in [6.45, 7) is 3.74. The number of phosphoric acid groups is 3. The van der Waals surface area contributed by atoms with Crippen LogP contribution in [0.2, 0.25) is 0 Å². The van der Waals surface area contributed by atoms with Crippen LogP contribution in [0.25, 0.3) is 11.2 Å². The molecule has 252 valence electrons. The highest BCUT2D eigenvalue weighted by Crippen LogP contribution is 2.66. The van der Waals surface area contributed by atoms with Gasteiger partial charge in [0.1, 0.15) is 30.1 Å². The monoisotopic (exact) mass is 731 g/mol. The normalized spacial score (nSPS) is 29.4. The average molecular weight is 732 g/mol. The van der Waals surface area contributed by atoms with Crippen LogP contribution >= 0.6 is 45.1 Å². The van der Waals surface area contributed by atoms with Gasteiger partial charge in [0.2, 0.25) is 0 Å². The fourth-order valence-electron chi connectivity index (χ4n) is 5.85. The number of rotatable bonds is 16. The number of nitrogen functional groups attached to an aromatic ring is 1. The van der Waals surface area contributed by atoms with E-state index in [4.69, 9.17) is 29.5 Å². The predicted octanol–water partition coefficient (Wildman–Crippen LogP) is 4.53. The van der Waals surface area contributed by atoms with Crippen LogP contribution in [0, 0.1) is 17.8 Å². The molecule has 2 aliphatic carbocycles. The van der Waals surface area contributed by atoms with E-state index in [1.165, 1.54) is 42.7 Å². The molecule has 1 saturated carbocycles. The first-order chi connectivity index (χ1) is 21.0. The molecule has 0 radical (unpaired) electrons. The fraction of sp³-hybridized carbons (Fsp3) is 0.696. The van der Waals surface area contributed by atoms with E-state index in [-0.39, 0.29) is 22.9 Å². The van der Waals surface area contributed by atoms with Crippen molar-refractivity contribution >= 4 is 62.0 Å². The van der Waals surface area contributed by atoms with Gasteiger partial charge >= 0.3 is 23.5 Å². The fourth-order valence-corrected chi connectivity index (χ4v) is 11.2. The standard InChI is InChI=1S/C23H36N5O12P3S2/c1-23(2,6-5-16-8-14-3-4-15(16)7-14)45-44-13-36-17-9-19(28-12-27-20-21(24)25-11-26-22(20)28)38-18(17)10-37-42(32,33)40-43(34,35)39-41(29,30)31/h3-4,11-12,14-19H,5-10,13H2,1-2H3,(H,32,33)(H,34,35)(H2,24,25,26)(H2,29,30,31)/t14?,15?,16?,17?,18-,19-/m1/s1. The van der Waals surface area contributed by atoms with Gasteiger partial charge < -0.3 is 34.8 Å². The van der Waals surface area contributed by atoms with E-state index in [0.29, 0.717) is 17.1 Å². The Morgan fingerprint density at radius 3 is 2.53 bits per heavy atom. The molecule has 45 heavy (non-hydrogen) atoms. The number of ether oxygens (including phenoxy) is 2. The minimum Gasteiger partial charge on any atom is -0.382 e. The smallest absolute Gasteiger partial charge is 0.382 e. The number of hydrogen-bond acceptors (Lipinski definition) is 14. The lowest BCUT2D eigenvalue weighted by Gasteiger charge is -2.27. The molecule has 2 aromatic heterocycles. The van der Waals surface area contributed by atoms with Gasteiger partial charge in [-0.15, -0.1) is 0 Å². The first kappa shape index (κ1) is 35.4. The van der Waals surface area contributed by atoms with Crippen LogP contribution in [0.5, 0.6) is 0 Å². The molecular weight excluding hydrogens is 695 g/mol. The largest absolute Gasteiger partial charge is 0.490 e. The zero-order valence-electron chi connectivity index (χ0n) is 24.3. The van der Waals surface area contributed by atoms with Gasteiger partial charge in [0.25, 0.3) is 0 Å². The Morgan fingerprint density at radius 2 is 1.84 bits per heavy atom. The van der Waals surface area contributed by atoms with Gasteiger partial charge in [-0.2, -0.15) is 8.62 Å². The molecule has 5 rings (SSSR count). The molecule has 0 amide bonds. The SMILES string of the molecule is CC(C)(CCC1CC2C=CC1C2)SSCOC1C[C@H](n2cnc3c(N)ncnc32)O[C@@H]1COP(=O)(O)OP(=O)(O)OP(=O)(O)O. The second-order valence-electron chi connectivity index (χ2n) is 11.7. The quantitative estimate of drug-likeness (QED) is 0.0523. The summed E-state index contributed by atoms with van der Waals surface area (Å²) in [7, 11) is -13.3. The molecule has 6 N–H and O–H groups in total. The summed E-state index contributed by atoms with van der Waals surface area (Å²) < 4.78 is 61.3. The van der Waals surface area contributed by atoms with Crippen LogP contribution < -0.4 is 5.73 Å². The van der Waals surface area contributed by atoms with Crippen LogP contribution in [0.1, 0.15) is 52.2 Å². The maximum atomic E-state index is 12.4. The number of imidazole rings is 1. The molecule has 1 saturated heterocycles. The number of anilines is 1. The van der Waals surface area contributed by atoms with E-state index >= 15 is 0 Å². The van der Waals surface area contributed by atoms with E-state index in [1.54, 1.807) is 15.4 Å². The molecule has 8 atom stereocenters. The van der Waals surface area contributed by atoms with Crippen molar-refractivity contribution in [1.82, 2.24) is 19.5 Å². The van der Waals surface area contributed by atoms with Crippen molar-refractivity contribution in [3.05, 3.63) is 24.8 Å². The molecule has 0 spiro atoms. The molecule has 17 nitrogen and oxygen atoms in total. The third-order valence-electron chi connectivity index (χ3n) is 7.84. The summed E-state index contributed by atoms with van der Waals surface area (Å²) in [6.07, 6.45) is 10.1. The summed E-state index contributed by atoms with van der Waals surface area (Å²) in [6, 6.07) is 0. The molecule has 22 heteroatoms. The average Bonchev–Trinajstić information content (AvgIpc) is 3.71. The molecule has 6 unspecified atom stereocenters.